The van der Waals surface area contributed by atoms with Crippen LogP contribution in [0.3, 0.4) is 0 Å². The van der Waals surface area contributed by atoms with E-state index in [1.54, 1.807) is 25.2 Å². The molecule has 9 heteroatoms. The Kier molecular flexibility index (Phi) is 10.6. The van der Waals surface area contributed by atoms with Crippen molar-refractivity contribution in [2.45, 2.75) is 26.3 Å². The minimum Gasteiger partial charge on any atom is -0.493 e. The molecule has 8 nitrogen and oxygen atoms in total. The van der Waals surface area contributed by atoms with E-state index >= 15 is 0 Å². The fourth-order valence-electron chi connectivity index (χ4n) is 2.77. The van der Waals surface area contributed by atoms with Crippen molar-refractivity contribution in [1.82, 2.24) is 25.0 Å². The molecule has 2 rings (SSSR count). The molecule has 0 unspecified atom stereocenters. The average molecular weight is 502 g/mol. The zero-order valence-corrected chi connectivity index (χ0v) is 19.6. The highest BCUT2D eigenvalue weighted by Gasteiger charge is 2.10. The van der Waals surface area contributed by atoms with Gasteiger partial charge in [0, 0.05) is 27.7 Å². The number of aliphatic imine (C=N–C) groups is 1. The Labute approximate surface area is 184 Å². The summed E-state index contributed by atoms with van der Waals surface area (Å²) in [5.74, 6) is 3.29. The fourth-order valence-corrected chi connectivity index (χ4v) is 2.77. The predicted molar refractivity (Wildman–Crippen MR) is 122 cm³/mol. The van der Waals surface area contributed by atoms with Crippen molar-refractivity contribution in [2.24, 2.45) is 12.0 Å². The Morgan fingerprint density at radius 3 is 2.71 bits per heavy atom. The van der Waals surface area contributed by atoms with Gasteiger partial charge < -0.3 is 19.7 Å². The minimum absolute atomic E-state index is 0. The molecular weight excluding hydrogens is 471 g/mol. The molecule has 1 aromatic carbocycles. The van der Waals surface area contributed by atoms with Crippen LogP contribution >= 0.6 is 24.0 Å². The van der Waals surface area contributed by atoms with Gasteiger partial charge in [-0.3, -0.25) is 9.67 Å². The van der Waals surface area contributed by atoms with Crippen LogP contribution in [-0.2, 0) is 20.0 Å². The Morgan fingerprint density at radius 1 is 1.32 bits per heavy atom. The van der Waals surface area contributed by atoms with Crippen LogP contribution in [0.15, 0.2) is 29.5 Å². The van der Waals surface area contributed by atoms with Gasteiger partial charge in [0.25, 0.3) is 0 Å². The maximum absolute atomic E-state index is 5.64. The first kappa shape index (κ1) is 24.0. The molecule has 0 aliphatic heterocycles. The van der Waals surface area contributed by atoms with Crippen molar-refractivity contribution < 1.29 is 9.47 Å². The number of ether oxygens (including phenoxy) is 2. The molecule has 0 atom stereocenters. The van der Waals surface area contributed by atoms with E-state index in [9.17, 15) is 0 Å². The number of hydrogen-bond donors (Lipinski definition) is 1. The Balaban J connectivity index is 0.00000392. The average Bonchev–Trinajstić information content (AvgIpc) is 3.06. The maximum Gasteiger partial charge on any atom is 0.193 e. The molecular formula is C19H31IN6O2. The third kappa shape index (κ3) is 6.84. The fraction of sp³-hybridized carbons (Fsp3) is 0.526. The van der Waals surface area contributed by atoms with Crippen molar-refractivity contribution in [2.75, 3.05) is 34.4 Å². The molecule has 1 heterocycles. The van der Waals surface area contributed by atoms with Crippen LogP contribution in [0.25, 0.3) is 0 Å². The van der Waals surface area contributed by atoms with E-state index in [2.05, 4.69) is 32.5 Å². The summed E-state index contributed by atoms with van der Waals surface area (Å²) in [6.07, 6.45) is 3.49. The molecule has 0 radical (unpaired) electrons. The SMILES string of the molecule is CCOc1cc(CCCNC(=NC)N(C)Cc2ncnn2C)ccc1OC.I. The summed E-state index contributed by atoms with van der Waals surface area (Å²) >= 11 is 0. The summed E-state index contributed by atoms with van der Waals surface area (Å²) in [6, 6.07) is 6.09. The van der Waals surface area contributed by atoms with Gasteiger partial charge in [-0.25, -0.2) is 4.98 Å². The van der Waals surface area contributed by atoms with Gasteiger partial charge in [-0.1, -0.05) is 6.07 Å². The number of nitrogens with one attached hydrogen (secondary N) is 1. The van der Waals surface area contributed by atoms with E-state index in [1.165, 1.54) is 5.56 Å². The van der Waals surface area contributed by atoms with Crippen LogP contribution in [0.5, 0.6) is 11.5 Å². The third-order valence-corrected chi connectivity index (χ3v) is 4.21. The quantitative estimate of drug-likeness (QED) is 0.246. The Hall–Kier alpha value is -2.04. The van der Waals surface area contributed by atoms with Crippen LogP contribution in [0.4, 0.5) is 0 Å². The Morgan fingerprint density at radius 2 is 2.11 bits per heavy atom. The number of nitrogens with zero attached hydrogens (tertiary/aromatic N) is 5. The molecule has 28 heavy (non-hydrogen) atoms. The second-order valence-electron chi connectivity index (χ2n) is 6.15. The lowest BCUT2D eigenvalue weighted by Gasteiger charge is -2.21. The first-order valence-electron chi connectivity index (χ1n) is 9.13. The number of halogens is 1. The van der Waals surface area contributed by atoms with Crippen molar-refractivity contribution in [3.8, 4) is 11.5 Å². The molecule has 0 fully saturated rings. The van der Waals surface area contributed by atoms with Crippen LogP contribution < -0.4 is 14.8 Å². The van der Waals surface area contributed by atoms with Crippen LogP contribution in [0.2, 0.25) is 0 Å². The van der Waals surface area contributed by atoms with Gasteiger partial charge in [0.2, 0.25) is 0 Å². The smallest absolute Gasteiger partial charge is 0.193 e. The highest BCUT2D eigenvalue weighted by atomic mass is 127. The van der Waals surface area contributed by atoms with Gasteiger partial charge in [0.15, 0.2) is 17.5 Å². The normalized spacial score (nSPS) is 11.0. The van der Waals surface area contributed by atoms with E-state index in [0.29, 0.717) is 13.2 Å². The lowest BCUT2D eigenvalue weighted by molar-refractivity contribution is 0.310. The number of hydrogen-bond acceptors (Lipinski definition) is 5. The van der Waals surface area contributed by atoms with Crippen molar-refractivity contribution in [3.05, 3.63) is 35.9 Å². The summed E-state index contributed by atoms with van der Waals surface area (Å²) in [4.78, 5) is 10.6. The summed E-state index contributed by atoms with van der Waals surface area (Å²) in [5, 5.41) is 7.49. The molecule has 156 valence electrons. The number of benzene rings is 1. The predicted octanol–water partition coefficient (Wildman–Crippen LogP) is 2.48. The molecule has 0 spiro atoms. The molecule has 0 aliphatic rings. The van der Waals surface area contributed by atoms with Crippen LogP contribution in [-0.4, -0.2) is 60.0 Å². The largest absolute Gasteiger partial charge is 0.493 e. The molecule has 1 aromatic heterocycles. The van der Waals surface area contributed by atoms with Gasteiger partial charge in [-0.15, -0.1) is 24.0 Å². The van der Waals surface area contributed by atoms with Gasteiger partial charge in [0.1, 0.15) is 12.2 Å². The maximum atomic E-state index is 5.64. The van der Waals surface area contributed by atoms with Gasteiger partial charge in [0.05, 0.1) is 20.3 Å². The van der Waals surface area contributed by atoms with E-state index in [1.807, 2.05) is 32.0 Å². The zero-order valence-electron chi connectivity index (χ0n) is 17.3. The van der Waals surface area contributed by atoms with E-state index < -0.39 is 0 Å². The topological polar surface area (TPSA) is 76.8 Å². The number of aromatic nitrogens is 3. The number of guanidine groups is 1. The summed E-state index contributed by atoms with van der Waals surface area (Å²) in [6.45, 7) is 4.06. The highest BCUT2D eigenvalue weighted by Crippen LogP contribution is 2.28. The highest BCUT2D eigenvalue weighted by molar-refractivity contribution is 14.0. The number of aryl methyl sites for hydroxylation is 2. The molecule has 0 saturated heterocycles. The monoisotopic (exact) mass is 502 g/mol. The lowest BCUT2D eigenvalue weighted by atomic mass is 10.1. The minimum atomic E-state index is 0. The first-order valence-corrected chi connectivity index (χ1v) is 9.13. The summed E-state index contributed by atoms with van der Waals surface area (Å²) < 4.78 is 12.7. The molecule has 0 amide bonds. The second kappa shape index (κ2) is 12.4. The molecule has 0 bridgehead atoms. The van der Waals surface area contributed by atoms with Crippen molar-refractivity contribution in [3.63, 3.8) is 0 Å². The van der Waals surface area contributed by atoms with Crippen LogP contribution in [0, 0.1) is 0 Å². The first-order chi connectivity index (χ1) is 13.1. The summed E-state index contributed by atoms with van der Waals surface area (Å²) in [7, 11) is 7.32. The number of methoxy groups -OCH3 is 1. The van der Waals surface area contributed by atoms with Gasteiger partial charge >= 0.3 is 0 Å². The molecule has 1 N–H and O–H groups in total. The third-order valence-electron chi connectivity index (χ3n) is 4.21. The zero-order chi connectivity index (χ0) is 19.6. The van der Waals surface area contributed by atoms with Crippen molar-refractivity contribution in [1.29, 1.82) is 0 Å². The Bertz CT molecular complexity index is 750. The second-order valence-corrected chi connectivity index (χ2v) is 6.15. The van der Waals surface area contributed by atoms with Gasteiger partial charge in [-0.2, -0.15) is 5.10 Å². The molecule has 2 aromatic rings. The molecule has 0 saturated carbocycles. The van der Waals surface area contributed by atoms with Crippen molar-refractivity contribution >= 4 is 29.9 Å². The summed E-state index contributed by atoms with van der Waals surface area (Å²) in [5.41, 5.74) is 1.23. The van der Waals surface area contributed by atoms with E-state index in [0.717, 1.165) is 42.7 Å². The molecule has 0 aliphatic carbocycles. The van der Waals surface area contributed by atoms with Crippen LogP contribution in [0.1, 0.15) is 24.7 Å². The van der Waals surface area contributed by atoms with Gasteiger partial charge in [-0.05, 0) is 37.5 Å². The standard InChI is InChI=1S/C19H30N6O2.HI/c1-6-27-17-12-15(9-10-16(17)26-5)8-7-11-21-19(20-2)24(3)13-18-22-14-23-25(18)4;/h9-10,12,14H,6-8,11,13H2,1-5H3,(H,20,21);1H. The van der Waals surface area contributed by atoms with E-state index in [-0.39, 0.29) is 24.0 Å². The lowest BCUT2D eigenvalue weighted by Crippen LogP contribution is -2.39. The van der Waals surface area contributed by atoms with E-state index in [4.69, 9.17) is 9.47 Å². The number of rotatable bonds is 9.